The molecule has 0 radical (unpaired) electrons. The number of aromatic amines is 1. The molecule has 3 aromatic rings. The van der Waals surface area contributed by atoms with Crippen LogP contribution < -0.4 is 11.2 Å². The van der Waals surface area contributed by atoms with Crippen LogP contribution in [0.4, 0.5) is 4.39 Å². The fraction of sp³-hybridized carbons (Fsp3) is 0.125. The van der Waals surface area contributed by atoms with E-state index in [9.17, 15) is 23.9 Å². The van der Waals surface area contributed by atoms with Gasteiger partial charge in [-0.05, 0) is 23.8 Å². The summed E-state index contributed by atoms with van der Waals surface area (Å²) in [6.07, 6.45) is 0.854. The molecule has 26 heavy (non-hydrogen) atoms. The monoisotopic (exact) mass is 441 g/mol. The normalized spacial score (nSPS) is 12.3. The summed E-state index contributed by atoms with van der Waals surface area (Å²) in [5, 5.41) is 9.63. The molecule has 0 aliphatic carbocycles. The van der Waals surface area contributed by atoms with Crippen LogP contribution in [0.1, 0.15) is 11.6 Å². The molecule has 0 aliphatic heterocycles. The topological polar surface area (TPSA) is 105 Å². The molecule has 0 fully saturated rings. The van der Waals surface area contributed by atoms with E-state index >= 15 is 0 Å². The Kier molecular flexibility index (Phi) is 4.92. The number of carbonyl (C=O) groups is 1. The second kappa shape index (κ2) is 7.00. The number of pyridine rings is 1. The van der Waals surface area contributed by atoms with E-state index in [2.05, 4.69) is 25.9 Å². The summed E-state index contributed by atoms with van der Waals surface area (Å²) in [7, 11) is 0. The van der Waals surface area contributed by atoms with Gasteiger partial charge in [-0.3, -0.25) is 9.78 Å². The van der Waals surface area contributed by atoms with Crippen LogP contribution in [0.3, 0.4) is 0 Å². The highest BCUT2D eigenvalue weighted by molar-refractivity contribution is 9.10. The quantitative estimate of drug-likeness (QED) is 0.646. The molecular weight excluding hydrogens is 433 g/mol. The van der Waals surface area contributed by atoms with E-state index in [0.717, 1.165) is 0 Å². The maximum absolute atomic E-state index is 14.1. The van der Waals surface area contributed by atoms with E-state index in [1.54, 1.807) is 0 Å². The third-order valence-corrected chi connectivity index (χ3v) is 4.47. The number of aliphatic carboxylic acids is 1. The number of carboxylic acids is 1. The molecule has 1 aromatic carbocycles. The largest absolute Gasteiger partial charge is 0.480 e. The minimum absolute atomic E-state index is 0.0142. The van der Waals surface area contributed by atoms with E-state index in [0.29, 0.717) is 9.04 Å². The van der Waals surface area contributed by atoms with Crippen molar-refractivity contribution in [3.63, 3.8) is 0 Å². The summed E-state index contributed by atoms with van der Waals surface area (Å²) in [5.41, 5.74) is -1.79. The van der Waals surface area contributed by atoms with Crippen molar-refractivity contribution in [2.24, 2.45) is 0 Å². The highest BCUT2D eigenvalue weighted by Gasteiger charge is 2.26. The zero-order chi connectivity index (χ0) is 19.0. The number of nitrogens with one attached hydrogen (secondary N) is 1. The molecule has 0 amide bonds. The van der Waals surface area contributed by atoms with E-state index < -0.39 is 35.5 Å². The number of aromatic nitrogens is 3. The minimum atomic E-state index is -1.61. The smallest absolute Gasteiger partial charge is 0.330 e. The van der Waals surface area contributed by atoms with Crippen LogP contribution in [0.2, 0.25) is 5.02 Å². The van der Waals surface area contributed by atoms with Crippen LogP contribution in [0.15, 0.2) is 44.5 Å². The zero-order valence-electron chi connectivity index (χ0n) is 12.9. The van der Waals surface area contributed by atoms with Gasteiger partial charge < -0.3 is 5.11 Å². The Morgan fingerprint density at radius 1 is 1.38 bits per heavy atom. The van der Waals surface area contributed by atoms with Crippen molar-refractivity contribution in [1.82, 2.24) is 14.5 Å². The number of rotatable bonds is 4. The van der Waals surface area contributed by atoms with Crippen molar-refractivity contribution in [1.29, 1.82) is 0 Å². The molecule has 7 nitrogen and oxygen atoms in total. The molecule has 2 aromatic heterocycles. The predicted octanol–water partition coefficient (Wildman–Crippen LogP) is 2.51. The SMILES string of the molecule is O=C(O)C(Cc1ccc(Br)cc1F)n1c(=O)[nH]c2ncc(Cl)cc2c1=O. The Labute approximate surface area is 158 Å². The Balaban J connectivity index is 2.18. The molecule has 0 aliphatic rings. The van der Waals surface area contributed by atoms with E-state index in [4.69, 9.17) is 11.6 Å². The van der Waals surface area contributed by atoms with Crippen LogP contribution in [-0.4, -0.2) is 25.6 Å². The van der Waals surface area contributed by atoms with Crippen LogP contribution in [-0.2, 0) is 11.2 Å². The third kappa shape index (κ3) is 3.40. The number of benzene rings is 1. The van der Waals surface area contributed by atoms with Gasteiger partial charge in [-0.15, -0.1) is 0 Å². The second-order valence-corrected chi connectivity index (χ2v) is 6.80. The Bertz CT molecular complexity index is 1140. The summed E-state index contributed by atoms with van der Waals surface area (Å²) < 4.78 is 15.1. The lowest BCUT2D eigenvalue weighted by atomic mass is 10.1. The van der Waals surface area contributed by atoms with Gasteiger partial charge in [0, 0.05) is 17.1 Å². The number of halogens is 3. The van der Waals surface area contributed by atoms with Crippen molar-refractivity contribution in [2.45, 2.75) is 12.5 Å². The molecule has 3 rings (SSSR count). The summed E-state index contributed by atoms with van der Waals surface area (Å²) in [6.45, 7) is 0. The number of carboxylic acid groups (broad SMARTS) is 1. The van der Waals surface area contributed by atoms with Crippen molar-refractivity contribution < 1.29 is 14.3 Å². The first-order valence-electron chi connectivity index (χ1n) is 7.24. The molecule has 0 spiro atoms. The first-order valence-corrected chi connectivity index (χ1v) is 8.42. The number of H-pyrrole nitrogens is 1. The van der Waals surface area contributed by atoms with Crippen molar-refractivity contribution in [3.8, 4) is 0 Å². The average Bonchev–Trinajstić information content (AvgIpc) is 2.56. The van der Waals surface area contributed by atoms with Crippen molar-refractivity contribution >= 4 is 44.5 Å². The molecule has 2 heterocycles. The molecule has 1 unspecified atom stereocenters. The first kappa shape index (κ1) is 18.3. The van der Waals surface area contributed by atoms with Gasteiger partial charge >= 0.3 is 11.7 Å². The van der Waals surface area contributed by atoms with Crippen LogP contribution in [0.25, 0.3) is 11.0 Å². The van der Waals surface area contributed by atoms with Gasteiger partial charge in [0.2, 0.25) is 0 Å². The molecule has 0 saturated heterocycles. The van der Waals surface area contributed by atoms with Crippen LogP contribution in [0.5, 0.6) is 0 Å². The summed E-state index contributed by atoms with van der Waals surface area (Å²) in [6, 6.07) is 3.76. The molecular formula is C16H10BrClFN3O4. The Hall–Kier alpha value is -2.52. The van der Waals surface area contributed by atoms with Gasteiger partial charge in [-0.2, -0.15) is 0 Å². The molecule has 1 atom stereocenters. The van der Waals surface area contributed by atoms with Gasteiger partial charge in [0.15, 0.2) is 0 Å². The zero-order valence-corrected chi connectivity index (χ0v) is 15.2. The minimum Gasteiger partial charge on any atom is -0.480 e. The van der Waals surface area contributed by atoms with Gasteiger partial charge in [0.1, 0.15) is 17.5 Å². The summed E-state index contributed by atoms with van der Waals surface area (Å²) in [5.74, 6) is -2.10. The van der Waals surface area contributed by atoms with Gasteiger partial charge in [0.05, 0.1) is 10.4 Å². The molecule has 0 saturated carbocycles. The lowest BCUT2D eigenvalue weighted by Gasteiger charge is -2.15. The highest BCUT2D eigenvalue weighted by Crippen LogP contribution is 2.20. The highest BCUT2D eigenvalue weighted by atomic mass is 79.9. The first-order chi connectivity index (χ1) is 12.3. The summed E-state index contributed by atoms with van der Waals surface area (Å²) in [4.78, 5) is 42.8. The number of nitrogens with zero attached hydrogens (tertiary/aromatic N) is 2. The maximum Gasteiger partial charge on any atom is 0.330 e. The van der Waals surface area contributed by atoms with Gasteiger partial charge in [-0.1, -0.05) is 33.6 Å². The standard InChI is InChI=1S/C16H10BrClFN3O4/c17-8-2-1-7(11(19)4-8)3-12(15(24)25)22-14(23)10-5-9(18)6-20-13(10)21-16(22)26/h1-2,4-6,12H,3H2,(H,24,25)(H,20,21,26). The second-order valence-electron chi connectivity index (χ2n) is 5.45. The average molecular weight is 443 g/mol. The van der Waals surface area contributed by atoms with Crippen LogP contribution in [0, 0.1) is 5.82 Å². The third-order valence-electron chi connectivity index (χ3n) is 3.77. The van der Waals surface area contributed by atoms with E-state index in [1.807, 2.05) is 0 Å². The lowest BCUT2D eigenvalue weighted by Crippen LogP contribution is -2.42. The predicted molar refractivity (Wildman–Crippen MR) is 96.1 cm³/mol. The Morgan fingerprint density at radius 3 is 2.77 bits per heavy atom. The van der Waals surface area contributed by atoms with Crippen LogP contribution >= 0.6 is 27.5 Å². The molecule has 10 heteroatoms. The van der Waals surface area contributed by atoms with E-state index in [1.165, 1.54) is 30.5 Å². The fourth-order valence-electron chi connectivity index (χ4n) is 2.55. The maximum atomic E-state index is 14.1. The lowest BCUT2D eigenvalue weighted by molar-refractivity contribution is -0.141. The van der Waals surface area contributed by atoms with Gasteiger partial charge in [-0.25, -0.2) is 23.5 Å². The van der Waals surface area contributed by atoms with Crippen molar-refractivity contribution in [3.05, 3.63) is 72.2 Å². The number of hydrogen-bond donors (Lipinski definition) is 2. The summed E-state index contributed by atoms with van der Waals surface area (Å²) >= 11 is 8.92. The Morgan fingerprint density at radius 2 is 2.12 bits per heavy atom. The molecule has 0 bridgehead atoms. The molecule has 134 valence electrons. The number of hydrogen-bond acceptors (Lipinski definition) is 4. The van der Waals surface area contributed by atoms with Crippen molar-refractivity contribution in [2.75, 3.05) is 0 Å². The molecule has 2 N–H and O–H groups in total. The van der Waals surface area contributed by atoms with Gasteiger partial charge in [0.25, 0.3) is 5.56 Å². The fourth-order valence-corrected chi connectivity index (χ4v) is 3.04. The number of fused-ring (bicyclic) bond motifs is 1. The van der Waals surface area contributed by atoms with E-state index in [-0.39, 0.29) is 21.6 Å².